The van der Waals surface area contributed by atoms with Crippen molar-refractivity contribution >= 4 is 29.5 Å². The molecule has 0 aliphatic rings. The molecule has 1 rings (SSSR count). The Hall–Kier alpha value is -0.890. The van der Waals surface area contributed by atoms with Crippen LogP contribution in [0.4, 0.5) is 0 Å². The largest absolute Gasteiger partial charge is 0.481 e. The van der Waals surface area contributed by atoms with Gasteiger partial charge in [-0.25, -0.2) is 9.89 Å². The highest BCUT2D eigenvalue weighted by atomic mass is 32.2. The smallest absolute Gasteiger partial charge is 0.344 e. The van der Waals surface area contributed by atoms with E-state index in [-0.39, 0.29) is 17.5 Å². The van der Waals surface area contributed by atoms with Gasteiger partial charge in [0.05, 0.1) is 5.75 Å². The molecule has 2 N–H and O–H groups in total. The molecule has 0 bridgehead atoms. The fraction of sp³-hybridized carbons (Fsp3) is 0.667. The van der Waals surface area contributed by atoms with Crippen molar-refractivity contribution in [3.63, 3.8) is 0 Å². The number of aliphatic carboxylic acids is 1. The minimum Gasteiger partial charge on any atom is -0.481 e. The number of carbonyl (C=O) groups is 1. The monoisotopic (exact) mass is 277 g/mol. The Bertz CT molecular complexity index is 429. The van der Waals surface area contributed by atoms with Crippen molar-refractivity contribution in [3.05, 3.63) is 10.5 Å². The summed E-state index contributed by atoms with van der Waals surface area (Å²) in [5.41, 5.74) is -0.286. The molecule has 8 heteroatoms. The van der Waals surface area contributed by atoms with E-state index >= 15 is 0 Å². The molecule has 1 aromatic heterocycles. The average molecular weight is 277 g/mol. The normalized spacial score (nSPS) is 12.6. The maximum Gasteiger partial charge on any atom is 0.344 e. The van der Waals surface area contributed by atoms with E-state index < -0.39 is 5.97 Å². The summed E-state index contributed by atoms with van der Waals surface area (Å²) in [6, 6.07) is 0.0185. The zero-order valence-electron chi connectivity index (χ0n) is 9.67. The maximum atomic E-state index is 11.6. The van der Waals surface area contributed by atoms with E-state index in [9.17, 15) is 9.59 Å². The molecule has 0 aliphatic heterocycles. The number of hydrogen-bond acceptors (Lipinski definition) is 5. The first kappa shape index (κ1) is 14.2. The maximum absolute atomic E-state index is 11.6. The van der Waals surface area contributed by atoms with E-state index in [1.807, 2.05) is 13.2 Å². The number of aromatic amines is 1. The van der Waals surface area contributed by atoms with Gasteiger partial charge in [0, 0.05) is 6.04 Å². The summed E-state index contributed by atoms with van der Waals surface area (Å²) in [5.74, 6) is -0.0739. The van der Waals surface area contributed by atoms with Crippen LogP contribution in [0.15, 0.2) is 9.95 Å². The predicted molar refractivity (Wildman–Crippen MR) is 68.9 cm³/mol. The molecule has 6 nitrogen and oxygen atoms in total. The molecule has 1 heterocycles. The highest BCUT2D eigenvalue weighted by molar-refractivity contribution is 7.99. The van der Waals surface area contributed by atoms with Gasteiger partial charge in [0.2, 0.25) is 0 Å². The van der Waals surface area contributed by atoms with Crippen molar-refractivity contribution in [2.75, 3.05) is 17.8 Å². The Morgan fingerprint density at radius 3 is 2.94 bits per heavy atom. The number of nitrogens with one attached hydrogen (secondary N) is 1. The third-order valence-electron chi connectivity index (χ3n) is 2.18. The molecule has 17 heavy (non-hydrogen) atoms. The number of H-pyrrole nitrogens is 1. The highest BCUT2D eigenvalue weighted by Gasteiger charge is 2.15. The molecular formula is C9H15N3O3S2. The van der Waals surface area contributed by atoms with Crippen molar-refractivity contribution in [2.45, 2.75) is 24.5 Å². The summed E-state index contributed by atoms with van der Waals surface area (Å²) in [5, 5.41) is 15.2. The van der Waals surface area contributed by atoms with Crippen molar-refractivity contribution in [2.24, 2.45) is 0 Å². The molecule has 0 aliphatic carbocycles. The lowest BCUT2D eigenvalue weighted by atomic mass is 10.3. The Balaban J connectivity index is 2.78. The van der Waals surface area contributed by atoms with Gasteiger partial charge in [0.1, 0.15) is 0 Å². The number of rotatable bonds is 7. The molecule has 0 amide bonds. The van der Waals surface area contributed by atoms with Crippen LogP contribution in [0.3, 0.4) is 0 Å². The first-order valence-corrected chi connectivity index (χ1v) is 7.44. The van der Waals surface area contributed by atoms with Gasteiger partial charge in [-0.1, -0.05) is 11.8 Å². The van der Waals surface area contributed by atoms with Crippen LogP contribution in [-0.2, 0) is 4.79 Å². The lowest BCUT2D eigenvalue weighted by Crippen LogP contribution is -2.22. The van der Waals surface area contributed by atoms with Gasteiger partial charge < -0.3 is 5.11 Å². The van der Waals surface area contributed by atoms with Crippen LogP contribution in [0.2, 0.25) is 0 Å². The second kappa shape index (κ2) is 6.75. The molecule has 0 saturated heterocycles. The van der Waals surface area contributed by atoms with Crippen LogP contribution in [0.1, 0.15) is 19.4 Å². The van der Waals surface area contributed by atoms with E-state index in [1.165, 1.54) is 4.57 Å². The van der Waals surface area contributed by atoms with Gasteiger partial charge in [-0.15, -0.1) is 5.10 Å². The van der Waals surface area contributed by atoms with E-state index in [1.54, 1.807) is 11.8 Å². The van der Waals surface area contributed by atoms with Crippen molar-refractivity contribution in [1.82, 2.24) is 14.8 Å². The summed E-state index contributed by atoms with van der Waals surface area (Å²) < 4.78 is 1.52. The standard InChI is InChI=1S/C9H15N3O3S2/c1-6(3-4-16-2)12-8(15)10-11-9(12)17-5-7(13)14/h6H,3-5H2,1-2H3,(H,10,15)(H,13,14). The average Bonchev–Trinajstić information content (AvgIpc) is 2.64. The number of aromatic nitrogens is 3. The SMILES string of the molecule is CSCCC(C)n1c(SCC(=O)O)n[nH]c1=O. The lowest BCUT2D eigenvalue weighted by molar-refractivity contribution is -0.133. The fourth-order valence-corrected chi connectivity index (χ4v) is 2.67. The number of carboxylic acids is 1. The summed E-state index contributed by atoms with van der Waals surface area (Å²) >= 11 is 2.76. The molecule has 0 fully saturated rings. The number of hydrogen-bond donors (Lipinski definition) is 2. The molecule has 96 valence electrons. The van der Waals surface area contributed by atoms with Crippen LogP contribution in [0.25, 0.3) is 0 Å². The van der Waals surface area contributed by atoms with Crippen molar-refractivity contribution < 1.29 is 9.90 Å². The van der Waals surface area contributed by atoms with Gasteiger partial charge in [-0.3, -0.25) is 9.36 Å². The second-order valence-electron chi connectivity index (χ2n) is 3.49. The molecule has 0 spiro atoms. The van der Waals surface area contributed by atoms with Gasteiger partial charge in [0.15, 0.2) is 5.16 Å². The Morgan fingerprint density at radius 1 is 1.65 bits per heavy atom. The first-order chi connectivity index (χ1) is 8.06. The van der Waals surface area contributed by atoms with Crippen LogP contribution >= 0.6 is 23.5 Å². The van der Waals surface area contributed by atoms with Crippen LogP contribution < -0.4 is 5.69 Å². The molecule has 1 unspecified atom stereocenters. The quantitative estimate of drug-likeness (QED) is 0.725. The summed E-state index contributed by atoms with van der Waals surface area (Å²) in [6.07, 6.45) is 2.85. The van der Waals surface area contributed by atoms with Crippen LogP contribution in [-0.4, -0.2) is 43.6 Å². The second-order valence-corrected chi connectivity index (χ2v) is 5.42. The number of nitrogens with zero attached hydrogens (tertiary/aromatic N) is 2. The minimum atomic E-state index is -0.922. The Morgan fingerprint density at radius 2 is 2.35 bits per heavy atom. The molecule has 0 aromatic carbocycles. The Kier molecular flexibility index (Phi) is 5.63. The summed E-state index contributed by atoms with van der Waals surface area (Å²) in [6.45, 7) is 1.93. The van der Waals surface area contributed by atoms with Gasteiger partial charge in [-0.05, 0) is 25.4 Å². The van der Waals surface area contributed by atoms with E-state index in [0.29, 0.717) is 5.16 Å². The van der Waals surface area contributed by atoms with Crippen molar-refractivity contribution in [1.29, 1.82) is 0 Å². The highest BCUT2D eigenvalue weighted by Crippen LogP contribution is 2.19. The summed E-state index contributed by atoms with van der Waals surface area (Å²) in [4.78, 5) is 22.0. The zero-order chi connectivity index (χ0) is 12.8. The van der Waals surface area contributed by atoms with E-state index in [4.69, 9.17) is 5.11 Å². The zero-order valence-corrected chi connectivity index (χ0v) is 11.3. The number of carboxylic acid groups (broad SMARTS) is 1. The third kappa shape index (κ3) is 4.12. The minimum absolute atomic E-state index is 0.0185. The van der Waals surface area contributed by atoms with Gasteiger partial charge >= 0.3 is 11.7 Å². The molecular weight excluding hydrogens is 262 g/mol. The third-order valence-corrected chi connectivity index (χ3v) is 3.76. The fourth-order valence-electron chi connectivity index (χ4n) is 1.32. The first-order valence-electron chi connectivity index (χ1n) is 5.06. The molecule has 0 radical (unpaired) electrons. The van der Waals surface area contributed by atoms with Gasteiger partial charge in [0.25, 0.3) is 0 Å². The summed E-state index contributed by atoms with van der Waals surface area (Å²) in [7, 11) is 0. The molecule has 1 aromatic rings. The van der Waals surface area contributed by atoms with Crippen LogP contribution in [0, 0.1) is 0 Å². The van der Waals surface area contributed by atoms with Crippen LogP contribution in [0.5, 0.6) is 0 Å². The van der Waals surface area contributed by atoms with Crippen molar-refractivity contribution in [3.8, 4) is 0 Å². The number of thioether (sulfide) groups is 2. The van der Waals surface area contributed by atoms with E-state index in [0.717, 1.165) is 23.9 Å². The lowest BCUT2D eigenvalue weighted by Gasteiger charge is -2.12. The topological polar surface area (TPSA) is 88.0 Å². The van der Waals surface area contributed by atoms with E-state index in [2.05, 4.69) is 10.2 Å². The predicted octanol–water partition coefficient (Wildman–Crippen LogP) is 1.06. The molecule has 1 atom stereocenters. The Labute approximate surface area is 107 Å². The molecule has 0 saturated carbocycles. The van der Waals surface area contributed by atoms with Gasteiger partial charge in [-0.2, -0.15) is 11.8 Å².